The first-order valence-electron chi connectivity index (χ1n) is 7.66. The smallest absolute Gasteiger partial charge is 0.338 e. The van der Waals surface area contributed by atoms with Crippen molar-refractivity contribution in [1.29, 1.82) is 0 Å². The summed E-state index contributed by atoms with van der Waals surface area (Å²) >= 11 is 3.40. The molecule has 0 bridgehead atoms. The first kappa shape index (κ1) is 17.3. The fraction of sp³-hybridized carbons (Fsp3) is 0.222. The van der Waals surface area contributed by atoms with Gasteiger partial charge >= 0.3 is 5.97 Å². The number of carbonyl (C=O) groups excluding carboxylic acids is 2. The van der Waals surface area contributed by atoms with Gasteiger partial charge in [-0.15, -0.1) is 0 Å². The molecule has 2 aromatic rings. The largest absolute Gasteiger partial charge is 0.486 e. The van der Waals surface area contributed by atoms with Crippen molar-refractivity contribution in [1.82, 2.24) is 0 Å². The maximum atomic E-state index is 12.1. The van der Waals surface area contributed by atoms with Gasteiger partial charge in [0.25, 0.3) is 5.91 Å². The Morgan fingerprint density at radius 2 is 1.88 bits per heavy atom. The summed E-state index contributed by atoms with van der Waals surface area (Å²) in [4.78, 5) is 24.0. The number of benzene rings is 2. The van der Waals surface area contributed by atoms with Gasteiger partial charge in [0.05, 0.1) is 5.56 Å². The van der Waals surface area contributed by atoms with E-state index in [1.807, 2.05) is 19.1 Å². The molecule has 0 saturated heterocycles. The van der Waals surface area contributed by atoms with Crippen LogP contribution in [-0.2, 0) is 9.53 Å². The van der Waals surface area contributed by atoms with Crippen molar-refractivity contribution in [3.8, 4) is 11.5 Å². The van der Waals surface area contributed by atoms with Crippen molar-refractivity contribution in [2.24, 2.45) is 0 Å². The predicted molar refractivity (Wildman–Crippen MR) is 95.2 cm³/mol. The van der Waals surface area contributed by atoms with E-state index in [1.54, 1.807) is 24.3 Å². The van der Waals surface area contributed by atoms with E-state index < -0.39 is 11.9 Å². The molecule has 0 fully saturated rings. The predicted octanol–water partition coefficient (Wildman–Crippen LogP) is 3.32. The Labute approximate surface area is 153 Å². The van der Waals surface area contributed by atoms with Crippen LogP contribution in [0.15, 0.2) is 40.9 Å². The molecule has 1 aliphatic rings. The zero-order chi connectivity index (χ0) is 17.8. The second kappa shape index (κ2) is 7.57. The van der Waals surface area contributed by atoms with Gasteiger partial charge in [0, 0.05) is 10.2 Å². The van der Waals surface area contributed by atoms with Crippen LogP contribution in [0.4, 0.5) is 5.69 Å². The molecule has 6 nitrogen and oxygen atoms in total. The molecule has 25 heavy (non-hydrogen) atoms. The van der Waals surface area contributed by atoms with Crippen LogP contribution >= 0.6 is 15.9 Å². The van der Waals surface area contributed by atoms with Gasteiger partial charge in [-0.1, -0.05) is 15.9 Å². The monoisotopic (exact) mass is 405 g/mol. The normalized spacial score (nSPS) is 12.4. The average Bonchev–Trinajstić information content (AvgIpc) is 2.62. The maximum absolute atomic E-state index is 12.1. The summed E-state index contributed by atoms with van der Waals surface area (Å²) in [5, 5.41) is 2.69. The van der Waals surface area contributed by atoms with Gasteiger partial charge in [-0.25, -0.2) is 4.79 Å². The minimum absolute atomic E-state index is 0.302. The zero-order valence-corrected chi connectivity index (χ0v) is 15.1. The summed E-state index contributed by atoms with van der Waals surface area (Å²) in [6, 6.07) is 10.2. The zero-order valence-electron chi connectivity index (χ0n) is 13.5. The van der Waals surface area contributed by atoms with Crippen molar-refractivity contribution >= 4 is 33.5 Å². The topological polar surface area (TPSA) is 73.9 Å². The first-order valence-corrected chi connectivity index (χ1v) is 8.45. The Kier molecular flexibility index (Phi) is 5.23. The quantitative estimate of drug-likeness (QED) is 0.789. The molecule has 0 aliphatic carbocycles. The Bertz CT molecular complexity index is 821. The lowest BCUT2D eigenvalue weighted by Gasteiger charge is -2.18. The van der Waals surface area contributed by atoms with Gasteiger partial charge in [0.1, 0.15) is 13.2 Å². The number of fused-ring (bicyclic) bond motifs is 1. The number of carbonyl (C=O) groups is 2. The van der Waals surface area contributed by atoms with E-state index in [-0.39, 0.29) is 6.61 Å². The molecule has 1 amide bonds. The molecule has 0 radical (unpaired) electrons. The third kappa shape index (κ3) is 4.30. The number of amides is 1. The molecular weight excluding hydrogens is 390 g/mol. The molecule has 0 atom stereocenters. The second-order valence-electron chi connectivity index (χ2n) is 5.45. The molecule has 7 heteroatoms. The van der Waals surface area contributed by atoms with Crippen LogP contribution < -0.4 is 14.8 Å². The number of anilines is 1. The number of halogens is 1. The van der Waals surface area contributed by atoms with Crippen LogP contribution in [0.5, 0.6) is 11.5 Å². The Morgan fingerprint density at radius 1 is 1.12 bits per heavy atom. The highest BCUT2D eigenvalue weighted by Gasteiger charge is 2.16. The highest BCUT2D eigenvalue weighted by molar-refractivity contribution is 9.10. The highest BCUT2D eigenvalue weighted by atomic mass is 79.9. The molecule has 2 aromatic carbocycles. The van der Waals surface area contributed by atoms with E-state index in [0.717, 1.165) is 10.0 Å². The number of esters is 1. The summed E-state index contributed by atoms with van der Waals surface area (Å²) in [6.07, 6.45) is 0. The van der Waals surface area contributed by atoms with Crippen LogP contribution in [0.25, 0.3) is 0 Å². The van der Waals surface area contributed by atoms with Crippen LogP contribution in [0.1, 0.15) is 15.9 Å². The maximum Gasteiger partial charge on any atom is 0.338 e. The lowest BCUT2D eigenvalue weighted by Crippen LogP contribution is -2.21. The fourth-order valence-electron chi connectivity index (χ4n) is 2.30. The first-order chi connectivity index (χ1) is 12.0. The lowest BCUT2D eigenvalue weighted by molar-refractivity contribution is -0.119. The standard InChI is InChI=1S/C18H16BrNO5/c1-11-8-13(3-4-14(11)19)20-17(21)10-25-18(22)12-2-5-15-16(9-12)24-7-6-23-15/h2-5,8-9H,6-7,10H2,1H3,(H,20,21). The number of hydrogen-bond acceptors (Lipinski definition) is 5. The molecule has 1 N–H and O–H groups in total. The molecule has 0 spiro atoms. The molecule has 0 saturated carbocycles. The van der Waals surface area contributed by atoms with Gasteiger partial charge in [0.15, 0.2) is 18.1 Å². The summed E-state index contributed by atoms with van der Waals surface area (Å²) < 4.78 is 16.8. The molecule has 1 heterocycles. The summed E-state index contributed by atoms with van der Waals surface area (Å²) in [6.45, 7) is 2.46. The third-order valence-electron chi connectivity index (χ3n) is 3.55. The van der Waals surface area contributed by atoms with E-state index >= 15 is 0 Å². The van der Waals surface area contributed by atoms with E-state index in [0.29, 0.717) is 36.0 Å². The molecular formula is C18H16BrNO5. The molecule has 1 aliphatic heterocycles. The van der Waals surface area contributed by atoms with Gasteiger partial charge in [-0.05, 0) is 48.9 Å². The van der Waals surface area contributed by atoms with Gasteiger partial charge < -0.3 is 19.5 Å². The van der Waals surface area contributed by atoms with Crippen molar-refractivity contribution in [3.05, 3.63) is 52.0 Å². The second-order valence-corrected chi connectivity index (χ2v) is 6.30. The van der Waals surface area contributed by atoms with E-state index in [2.05, 4.69) is 21.2 Å². The average molecular weight is 406 g/mol. The van der Waals surface area contributed by atoms with Gasteiger partial charge in [0.2, 0.25) is 0 Å². The van der Waals surface area contributed by atoms with Gasteiger partial charge in [-0.3, -0.25) is 4.79 Å². The van der Waals surface area contributed by atoms with Crippen molar-refractivity contribution in [3.63, 3.8) is 0 Å². The van der Waals surface area contributed by atoms with Crippen molar-refractivity contribution < 1.29 is 23.8 Å². The number of rotatable bonds is 4. The van der Waals surface area contributed by atoms with Gasteiger partial charge in [-0.2, -0.15) is 0 Å². The third-order valence-corrected chi connectivity index (χ3v) is 4.44. The minimum atomic E-state index is -0.598. The highest BCUT2D eigenvalue weighted by Crippen LogP contribution is 2.30. The summed E-state index contributed by atoms with van der Waals surface area (Å²) in [5.74, 6) is 0.0772. The summed E-state index contributed by atoms with van der Waals surface area (Å²) in [5.41, 5.74) is 1.93. The van der Waals surface area contributed by atoms with E-state index in [4.69, 9.17) is 14.2 Å². The summed E-state index contributed by atoms with van der Waals surface area (Å²) in [7, 11) is 0. The van der Waals surface area contributed by atoms with Crippen LogP contribution in [0, 0.1) is 6.92 Å². The lowest BCUT2D eigenvalue weighted by atomic mass is 10.2. The van der Waals surface area contributed by atoms with E-state index in [1.165, 1.54) is 0 Å². The number of aryl methyl sites for hydroxylation is 1. The number of ether oxygens (including phenoxy) is 3. The Balaban J connectivity index is 1.56. The SMILES string of the molecule is Cc1cc(NC(=O)COC(=O)c2ccc3c(c2)OCCO3)ccc1Br. The van der Waals surface area contributed by atoms with Crippen LogP contribution in [0.3, 0.4) is 0 Å². The fourth-order valence-corrected chi connectivity index (χ4v) is 2.55. The van der Waals surface area contributed by atoms with Crippen LogP contribution in [0.2, 0.25) is 0 Å². The van der Waals surface area contributed by atoms with E-state index in [9.17, 15) is 9.59 Å². The van der Waals surface area contributed by atoms with Crippen LogP contribution in [-0.4, -0.2) is 31.7 Å². The Hall–Kier alpha value is -2.54. The minimum Gasteiger partial charge on any atom is -0.486 e. The van der Waals surface area contributed by atoms with Crippen molar-refractivity contribution in [2.75, 3.05) is 25.1 Å². The Morgan fingerprint density at radius 3 is 2.64 bits per heavy atom. The molecule has 3 rings (SSSR count). The van der Waals surface area contributed by atoms with Crippen molar-refractivity contribution in [2.45, 2.75) is 6.92 Å². The molecule has 130 valence electrons. The molecule has 0 aromatic heterocycles. The number of nitrogens with one attached hydrogen (secondary N) is 1. The number of hydrogen-bond donors (Lipinski definition) is 1. The molecule has 0 unspecified atom stereocenters.